The van der Waals surface area contributed by atoms with Crippen LogP contribution < -0.4 is 4.90 Å². The van der Waals surface area contributed by atoms with E-state index in [1.54, 1.807) is 0 Å². The Kier molecular flexibility index (Phi) is 4.67. The molecule has 0 unspecified atom stereocenters. The van der Waals surface area contributed by atoms with Gasteiger partial charge in [0.1, 0.15) is 0 Å². The van der Waals surface area contributed by atoms with Crippen LogP contribution in [0.1, 0.15) is 12.5 Å². The molecule has 2 rings (SSSR count). The molecule has 0 amide bonds. The van der Waals surface area contributed by atoms with Crippen molar-refractivity contribution in [1.29, 1.82) is 0 Å². The van der Waals surface area contributed by atoms with E-state index in [9.17, 15) is 0 Å². The van der Waals surface area contributed by atoms with Crippen LogP contribution in [-0.4, -0.2) is 6.54 Å². The minimum Gasteiger partial charge on any atom is -0.367 e. The summed E-state index contributed by atoms with van der Waals surface area (Å²) in [5.41, 5.74) is 2.49. The summed E-state index contributed by atoms with van der Waals surface area (Å²) in [4.78, 5) is 2.33. The Morgan fingerprint density at radius 3 is 2.44 bits per heavy atom. The first kappa shape index (κ1) is 13.4. The average Bonchev–Trinajstić information content (AvgIpc) is 2.38. The van der Waals surface area contributed by atoms with Crippen LogP contribution in [0.15, 0.2) is 53.0 Å². The maximum absolute atomic E-state index is 5.90. The van der Waals surface area contributed by atoms with Crippen molar-refractivity contribution in [1.82, 2.24) is 0 Å². The molecule has 0 aromatic heterocycles. The summed E-state index contributed by atoms with van der Waals surface area (Å²) >= 11 is 9.41. The lowest BCUT2D eigenvalue weighted by molar-refractivity contribution is 0.831. The average molecular weight is 325 g/mol. The maximum atomic E-state index is 5.90. The molecule has 0 aliphatic rings. The fourth-order valence-corrected chi connectivity index (χ4v) is 2.38. The molecule has 2 aromatic rings. The van der Waals surface area contributed by atoms with Crippen molar-refractivity contribution in [3.8, 4) is 0 Å². The first-order valence-corrected chi connectivity index (χ1v) is 7.11. The molecule has 0 bridgehead atoms. The molecule has 1 nitrogen and oxygen atoms in total. The monoisotopic (exact) mass is 323 g/mol. The van der Waals surface area contributed by atoms with E-state index >= 15 is 0 Å². The molecule has 0 aliphatic carbocycles. The number of halogens is 2. The molecule has 0 N–H and O–H groups in total. The Morgan fingerprint density at radius 2 is 1.83 bits per heavy atom. The van der Waals surface area contributed by atoms with E-state index in [1.165, 1.54) is 11.3 Å². The molecule has 18 heavy (non-hydrogen) atoms. The summed E-state index contributed by atoms with van der Waals surface area (Å²) in [5.74, 6) is 0. The highest BCUT2D eigenvalue weighted by Crippen LogP contribution is 2.22. The fraction of sp³-hybridized carbons (Fsp3) is 0.200. The SMILES string of the molecule is CCN(Cc1ccc(Cl)cc1)c1cccc(Br)c1. The van der Waals surface area contributed by atoms with Gasteiger partial charge in [0.05, 0.1) is 0 Å². The third kappa shape index (κ3) is 3.50. The normalized spacial score (nSPS) is 10.4. The minimum atomic E-state index is 0.782. The van der Waals surface area contributed by atoms with Gasteiger partial charge in [0, 0.05) is 28.3 Å². The van der Waals surface area contributed by atoms with Gasteiger partial charge in [-0.05, 0) is 42.8 Å². The Labute approximate surface area is 122 Å². The van der Waals surface area contributed by atoms with E-state index in [4.69, 9.17) is 11.6 Å². The number of benzene rings is 2. The van der Waals surface area contributed by atoms with Crippen LogP contribution in [0.3, 0.4) is 0 Å². The lowest BCUT2D eigenvalue weighted by Crippen LogP contribution is -2.21. The van der Waals surface area contributed by atoms with Crippen LogP contribution in [0.4, 0.5) is 5.69 Å². The lowest BCUT2D eigenvalue weighted by atomic mass is 10.2. The van der Waals surface area contributed by atoms with Crippen molar-refractivity contribution in [2.24, 2.45) is 0 Å². The summed E-state index contributed by atoms with van der Waals surface area (Å²) in [6.45, 7) is 4.03. The molecule has 0 spiro atoms. The zero-order valence-corrected chi connectivity index (χ0v) is 12.6. The number of nitrogens with zero attached hydrogens (tertiary/aromatic N) is 1. The van der Waals surface area contributed by atoms with Crippen LogP contribution in [0.25, 0.3) is 0 Å². The van der Waals surface area contributed by atoms with Gasteiger partial charge in [-0.15, -0.1) is 0 Å². The smallest absolute Gasteiger partial charge is 0.0429 e. The van der Waals surface area contributed by atoms with Crippen molar-refractivity contribution < 1.29 is 0 Å². The Balaban J connectivity index is 2.17. The number of anilines is 1. The first-order chi connectivity index (χ1) is 8.69. The first-order valence-electron chi connectivity index (χ1n) is 5.94. The predicted octanol–water partition coefficient (Wildman–Crippen LogP) is 5.13. The Bertz CT molecular complexity index is 510. The third-order valence-corrected chi connectivity index (χ3v) is 3.59. The van der Waals surface area contributed by atoms with E-state index in [2.05, 4.69) is 58.1 Å². The predicted molar refractivity (Wildman–Crippen MR) is 82.3 cm³/mol. The van der Waals surface area contributed by atoms with Gasteiger partial charge in [0.15, 0.2) is 0 Å². The maximum Gasteiger partial charge on any atom is 0.0429 e. The van der Waals surface area contributed by atoms with Crippen molar-refractivity contribution >= 4 is 33.2 Å². The molecule has 0 radical (unpaired) electrons. The Hall–Kier alpha value is -0.990. The zero-order valence-electron chi connectivity index (χ0n) is 10.2. The second kappa shape index (κ2) is 6.26. The summed E-state index contributed by atoms with van der Waals surface area (Å²) in [6, 6.07) is 16.4. The molecule has 3 heteroatoms. The van der Waals surface area contributed by atoms with Gasteiger partial charge in [-0.25, -0.2) is 0 Å². The summed E-state index contributed by atoms with van der Waals surface area (Å²) in [7, 11) is 0. The van der Waals surface area contributed by atoms with Crippen LogP contribution in [0, 0.1) is 0 Å². The summed E-state index contributed by atoms with van der Waals surface area (Å²) < 4.78 is 1.11. The van der Waals surface area contributed by atoms with Gasteiger partial charge >= 0.3 is 0 Å². The van der Waals surface area contributed by atoms with E-state index in [-0.39, 0.29) is 0 Å². The van der Waals surface area contributed by atoms with E-state index in [0.717, 1.165) is 22.6 Å². The highest BCUT2D eigenvalue weighted by atomic mass is 79.9. The highest BCUT2D eigenvalue weighted by Gasteiger charge is 2.05. The van der Waals surface area contributed by atoms with Gasteiger partial charge in [0.2, 0.25) is 0 Å². The van der Waals surface area contributed by atoms with Crippen LogP contribution in [0.2, 0.25) is 5.02 Å². The van der Waals surface area contributed by atoms with Crippen LogP contribution >= 0.6 is 27.5 Å². The lowest BCUT2D eigenvalue weighted by Gasteiger charge is -2.23. The Morgan fingerprint density at radius 1 is 1.11 bits per heavy atom. The van der Waals surface area contributed by atoms with E-state index < -0.39 is 0 Å². The molecular formula is C15H15BrClN. The van der Waals surface area contributed by atoms with Crippen LogP contribution in [-0.2, 0) is 6.54 Å². The second-order valence-corrected chi connectivity index (χ2v) is 5.47. The van der Waals surface area contributed by atoms with Crippen molar-refractivity contribution in [2.75, 3.05) is 11.4 Å². The van der Waals surface area contributed by atoms with Gasteiger partial charge in [0.25, 0.3) is 0 Å². The molecule has 2 aromatic carbocycles. The van der Waals surface area contributed by atoms with Gasteiger partial charge in [-0.3, -0.25) is 0 Å². The largest absolute Gasteiger partial charge is 0.367 e. The van der Waals surface area contributed by atoms with E-state index in [1.807, 2.05) is 18.2 Å². The molecule has 0 fully saturated rings. The van der Waals surface area contributed by atoms with Gasteiger partial charge < -0.3 is 4.90 Å². The molecule has 94 valence electrons. The summed E-state index contributed by atoms with van der Waals surface area (Å²) in [6.07, 6.45) is 0. The minimum absolute atomic E-state index is 0.782. The number of hydrogen-bond donors (Lipinski definition) is 0. The highest BCUT2D eigenvalue weighted by molar-refractivity contribution is 9.10. The number of rotatable bonds is 4. The van der Waals surface area contributed by atoms with Gasteiger partial charge in [-0.2, -0.15) is 0 Å². The molecule has 0 atom stereocenters. The van der Waals surface area contributed by atoms with E-state index in [0.29, 0.717) is 0 Å². The summed E-state index contributed by atoms with van der Waals surface area (Å²) in [5, 5.41) is 0.782. The van der Waals surface area contributed by atoms with Gasteiger partial charge in [-0.1, -0.05) is 45.7 Å². The zero-order chi connectivity index (χ0) is 13.0. The third-order valence-electron chi connectivity index (χ3n) is 2.84. The fourth-order valence-electron chi connectivity index (χ4n) is 1.87. The molecular weight excluding hydrogens is 310 g/mol. The quantitative estimate of drug-likeness (QED) is 0.753. The molecule has 0 heterocycles. The molecule has 0 saturated carbocycles. The number of hydrogen-bond acceptors (Lipinski definition) is 1. The molecule has 0 aliphatic heterocycles. The van der Waals surface area contributed by atoms with Crippen molar-refractivity contribution in [2.45, 2.75) is 13.5 Å². The topological polar surface area (TPSA) is 3.24 Å². The molecule has 0 saturated heterocycles. The second-order valence-electron chi connectivity index (χ2n) is 4.12. The van der Waals surface area contributed by atoms with Crippen LogP contribution in [0.5, 0.6) is 0 Å². The standard InChI is InChI=1S/C15H15BrClN/c1-2-18(15-5-3-4-13(16)10-15)11-12-6-8-14(17)9-7-12/h3-10H,2,11H2,1H3. The van der Waals surface area contributed by atoms with Crippen molar-refractivity contribution in [3.05, 3.63) is 63.6 Å². The van der Waals surface area contributed by atoms with Crippen molar-refractivity contribution in [3.63, 3.8) is 0 Å².